The van der Waals surface area contributed by atoms with Crippen molar-refractivity contribution >= 4 is 40.2 Å². The normalized spacial score (nSPS) is 27.3. The van der Waals surface area contributed by atoms with E-state index >= 15 is 0 Å². The Hall–Kier alpha value is -1.05. The number of aliphatic hydroxyl groups excluding tert-OH is 3. The molecule has 2 aromatic rings. The van der Waals surface area contributed by atoms with Crippen molar-refractivity contribution in [2.24, 2.45) is 5.92 Å². The first-order valence-corrected chi connectivity index (χ1v) is 8.69. The van der Waals surface area contributed by atoms with E-state index in [0.29, 0.717) is 27.9 Å². The number of benzene rings is 1. The second-order valence-corrected chi connectivity index (χ2v) is 7.40. The van der Waals surface area contributed by atoms with Gasteiger partial charge in [-0.1, -0.05) is 23.2 Å². The summed E-state index contributed by atoms with van der Waals surface area (Å²) in [7, 11) is 0. The first-order valence-electron chi connectivity index (χ1n) is 7.94. The molecule has 0 amide bonds. The highest BCUT2D eigenvalue weighted by atomic mass is 35.5. The summed E-state index contributed by atoms with van der Waals surface area (Å²) < 4.78 is 1.85. The van der Waals surface area contributed by atoms with E-state index in [1.54, 1.807) is 12.1 Å². The van der Waals surface area contributed by atoms with Gasteiger partial charge in [-0.3, -0.25) is 0 Å². The maximum Gasteiger partial charge on any atom is 0.204 e. The fourth-order valence-corrected chi connectivity index (χ4v) is 3.64. The summed E-state index contributed by atoms with van der Waals surface area (Å²) in [4.78, 5) is 4.56. The van der Waals surface area contributed by atoms with Crippen molar-refractivity contribution in [3.05, 3.63) is 22.2 Å². The Morgan fingerprint density at radius 2 is 1.92 bits per heavy atom. The van der Waals surface area contributed by atoms with E-state index in [9.17, 15) is 15.3 Å². The molecule has 0 radical (unpaired) electrons. The van der Waals surface area contributed by atoms with E-state index in [4.69, 9.17) is 23.2 Å². The van der Waals surface area contributed by atoms with Crippen LogP contribution < -0.4 is 5.32 Å². The Kier molecular flexibility index (Phi) is 4.95. The number of aromatic nitrogens is 2. The summed E-state index contributed by atoms with van der Waals surface area (Å²) >= 11 is 12.2. The molecule has 8 heteroatoms. The molecule has 0 unspecified atom stereocenters. The molecule has 1 aliphatic rings. The average molecular weight is 374 g/mol. The standard InChI is InChI=1S/C16H21Cl2N3O3/c1-7(2)19-16-20-11-4-9(17)10(18)5-12(11)21(16)13-3-8(6-22)14(23)15(13)24/h4-5,7-8,13-15,22-24H,3,6H2,1-2H3,(H,19,20)/t8-,13-,14-,15+/m0/s1. The number of fused-ring (bicyclic) bond motifs is 1. The number of hydrogen-bond acceptors (Lipinski definition) is 5. The Morgan fingerprint density at radius 1 is 1.25 bits per heavy atom. The van der Waals surface area contributed by atoms with Crippen LogP contribution in [0.25, 0.3) is 11.0 Å². The van der Waals surface area contributed by atoms with Gasteiger partial charge in [-0.15, -0.1) is 0 Å². The van der Waals surface area contributed by atoms with E-state index in [-0.39, 0.29) is 18.6 Å². The molecule has 0 saturated heterocycles. The maximum absolute atomic E-state index is 10.5. The smallest absolute Gasteiger partial charge is 0.204 e. The van der Waals surface area contributed by atoms with Crippen LogP contribution >= 0.6 is 23.2 Å². The van der Waals surface area contributed by atoms with E-state index in [2.05, 4.69) is 10.3 Å². The predicted molar refractivity (Wildman–Crippen MR) is 94.8 cm³/mol. The lowest BCUT2D eigenvalue weighted by molar-refractivity contribution is -0.00346. The molecule has 24 heavy (non-hydrogen) atoms. The van der Waals surface area contributed by atoms with Gasteiger partial charge in [0.2, 0.25) is 5.95 Å². The molecule has 0 aliphatic heterocycles. The van der Waals surface area contributed by atoms with Crippen molar-refractivity contribution in [2.75, 3.05) is 11.9 Å². The summed E-state index contributed by atoms with van der Waals surface area (Å²) in [5.74, 6) is 0.199. The highest BCUT2D eigenvalue weighted by Crippen LogP contribution is 2.40. The molecule has 1 aromatic heterocycles. The first-order chi connectivity index (χ1) is 11.3. The van der Waals surface area contributed by atoms with Crippen LogP contribution in [-0.4, -0.2) is 49.7 Å². The van der Waals surface area contributed by atoms with Crippen LogP contribution in [0, 0.1) is 5.92 Å². The minimum Gasteiger partial charge on any atom is -0.396 e. The van der Waals surface area contributed by atoms with Gasteiger partial charge in [0.25, 0.3) is 0 Å². The van der Waals surface area contributed by atoms with Crippen LogP contribution in [0.1, 0.15) is 26.3 Å². The summed E-state index contributed by atoms with van der Waals surface area (Å²) in [5, 5.41) is 34.1. The largest absolute Gasteiger partial charge is 0.396 e. The molecular formula is C16H21Cl2N3O3. The molecule has 1 aromatic carbocycles. The van der Waals surface area contributed by atoms with Gasteiger partial charge in [0.15, 0.2) is 0 Å². The molecule has 1 saturated carbocycles. The van der Waals surface area contributed by atoms with Crippen LogP contribution in [0.3, 0.4) is 0 Å². The Labute approximate surface area is 150 Å². The van der Waals surface area contributed by atoms with Crippen LogP contribution in [0.2, 0.25) is 10.0 Å². The molecule has 0 bridgehead atoms. The average Bonchev–Trinajstić information content (AvgIpc) is 2.97. The monoisotopic (exact) mass is 373 g/mol. The number of hydrogen-bond donors (Lipinski definition) is 4. The zero-order valence-electron chi connectivity index (χ0n) is 13.4. The zero-order chi connectivity index (χ0) is 17.6. The van der Waals surface area contributed by atoms with E-state index in [1.807, 2.05) is 18.4 Å². The molecule has 1 fully saturated rings. The number of halogens is 2. The topological polar surface area (TPSA) is 90.5 Å². The summed E-state index contributed by atoms with van der Waals surface area (Å²) in [6.45, 7) is 3.79. The lowest BCUT2D eigenvalue weighted by atomic mass is 10.1. The van der Waals surface area contributed by atoms with Crippen LogP contribution in [0.4, 0.5) is 5.95 Å². The molecule has 6 nitrogen and oxygen atoms in total. The van der Waals surface area contributed by atoms with Gasteiger partial charge in [-0.2, -0.15) is 0 Å². The highest BCUT2D eigenvalue weighted by Gasteiger charge is 2.43. The Bertz CT molecular complexity index is 750. The molecule has 3 rings (SSSR count). The third-order valence-electron chi connectivity index (χ3n) is 4.49. The van der Waals surface area contributed by atoms with Crippen molar-refractivity contribution in [1.29, 1.82) is 0 Å². The van der Waals surface area contributed by atoms with Crippen LogP contribution in [0.15, 0.2) is 12.1 Å². The first kappa shape index (κ1) is 17.8. The molecular weight excluding hydrogens is 353 g/mol. The van der Waals surface area contributed by atoms with Gasteiger partial charge in [0, 0.05) is 18.6 Å². The SMILES string of the molecule is CC(C)Nc1nc2cc(Cl)c(Cl)cc2n1[C@H]1C[C@@H](CO)[C@H](O)[C@@H]1O. The highest BCUT2D eigenvalue weighted by molar-refractivity contribution is 6.42. The number of anilines is 1. The summed E-state index contributed by atoms with van der Waals surface area (Å²) in [6, 6.07) is 3.11. The summed E-state index contributed by atoms with van der Waals surface area (Å²) in [6.07, 6.45) is -1.54. The molecule has 4 N–H and O–H groups in total. The number of aliphatic hydroxyl groups is 3. The lowest BCUT2D eigenvalue weighted by Crippen LogP contribution is -2.31. The Morgan fingerprint density at radius 3 is 2.50 bits per heavy atom. The third-order valence-corrected chi connectivity index (χ3v) is 5.21. The van der Waals surface area contributed by atoms with Crippen molar-refractivity contribution in [3.8, 4) is 0 Å². The lowest BCUT2D eigenvalue weighted by Gasteiger charge is -2.22. The van der Waals surface area contributed by atoms with E-state index in [0.717, 1.165) is 5.52 Å². The minimum absolute atomic E-state index is 0.128. The second-order valence-electron chi connectivity index (χ2n) is 6.59. The second kappa shape index (κ2) is 6.69. The van der Waals surface area contributed by atoms with Crippen molar-refractivity contribution < 1.29 is 15.3 Å². The number of nitrogens with zero attached hydrogens (tertiary/aromatic N) is 2. The molecule has 0 spiro atoms. The fourth-order valence-electron chi connectivity index (χ4n) is 3.32. The fraction of sp³-hybridized carbons (Fsp3) is 0.562. The van der Waals surface area contributed by atoms with Gasteiger partial charge < -0.3 is 25.2 Å². The van der Waals surface area contributed by atoms with Gasteiger partial charge in [-0.25, -0.2) is 4.98 Å². The predicted octanol–water partition coefficient (Wildman–Crippen LogP) is 2.44. The van der Waals surface area contributed by atoms with Crippen LogP contribution in [-0.2, 0) is 0 Å². The third kappa shape index (κ3) is 2.97. The van der Waals surface area contributed by atoms with E-state index < -0.39 is 18.2 Å². The summed E-state index contributed by atoms with van der Waals surface area (Å²) in [5.41, 5.74) is 1.38. The van der Waals surface area contributed by atoms with Crippen molar-refractivity contribution in [1.82, 2.24) is 9.55 Å². The number of nitrogens with one attached hydrogen (secondary N) is 1. The van der Waals surface area contributed by atoms with Gasteiger partial charge in [-0.05, 0) is 32.4 Å². The van der Waals surface area contributed by atoms with Gasteiger partial charge >= 0.3 is 0 Å². The van der Waals surface area contributed by atoms with E-state index in [1.165, 1.54) is 0 Å². The maximum atomic E-state index is 10.5. The van der Waals surface area contributed by atoms with Gasteiger partial charge in [0.1, 0.15) is 6.10 Å². The number of rotatable bonds is 4. The number of imidazole rings is 1. The molecule has 1 aliphatic carbocycles. The van der Waals surface area contributed by atoms with Crippen molar-refractivity contribution in [2.45, 2.75) is 44.6 Å². The Balaban J connectivity index is 2.15. The zero-order valence-corrected chi connectivity index (χ0v) is 15.0. The van der Waals surface area contributed by atoms with Crippen molar-refractivity contribution in [3.63, 3.8) is 0 Å². The van der Waals surface area contributed by atoms with Crippen LogP contribution in [0.5, 0.6) is 0 Å². The van der Waals surface area contributed by atoms with Gasteiger partial charge in [0.05, 0.1) is 33.2 Å². The quantitative estimate of drug-likeness (QED) is 0.660. The molecule has 1 heterocycles. The molecule has 4 atom stereocenters. The minimum atomic E-state index is -0.998. The molecule has 132 valence electrons.